The molecule has 96 valence electrons. The van der Waals surface area contributed by atoms with Gasteiger partial charge < -0.3 is 4.74 Å². The maximum absolute atomic E-state index is 12.5. The van der Waals surface area contributed by atoms with Gasteiger partial charge in [0, 0.05) is 0 Å². The van der Waals surface area contributed by atoms with Crippen LogP contribution in [-0.2, 0) is 6.42 Å². The van der Waals surface area contributed by atoms with Crippen LogP contribution in [0.15, 0.2) is 24.3 Å². The van der Waals surface area contributed by atoms with Gasteiger partial charge in [-0.3, -0.25) is 0 Å². The molecule has 0 fully saturated rings. The van der Waals surface area contributed by atoms with E-state index in [1.165, 1.54) is 12.1 Å². The van der Waals surface area contributed by atoms with E-state index < -0.39 is 18.0 Å². The van der Waals surface area contributed by atoms with Crippen LogP contribution in [0.25, 0.3) is 0 Å². The number of halogens is 5. The number of hydrogen-bond acceptors (Lipinski definition) is 1. The number of benzene rings is 1. The minimum atomic E-state index is -5.71. The monoisotopic (exact) mass is 254 g/mol. The molecule has 0 radical (unpaired) electrons. The molecular formula is C11H11F5O. The first-order valence-electron chi connectivity index (χ1n) is 4.99. The predicted octanol–water partition coefficient (Wildman–Crippen LogP) is 4.17. The molecule has 17 heavy (non-hydrogen) atoms. The summed E-state index contributed by atoms with van der Waals surface area (Å²) in [6.07, 6.45) is -9.29. The summed E-state index contributed by atoms with van der Waals surface area (Å²) < 4.78 is 64.2. The lowest BCUT2D eigenvalue weighted by Gasteiger charge is -2.20. The van der Waals surface area contributed by atoms with E-state index in [-0.39, 0.29) is 0 Å². The Morgan fingerprint density at radius 2 is 1.53 bits per heavy atom. The highest BCUT2D eigenvalue weighted by Crippen LogP contribution is 2.37. The van der Waals surface area contributed by atoms with Crippen molar-refractivity contribution in [2.45, 2.75) is 32.1 Å². The highest BCUT2D eigenvalue weighted by Gasteiger charge is 2.61. The summed E-state index contributed by atoms with van der Waals surface area (Å²) in [7, 11) is 0. The number of hydrogen-bond donors (Lipinski definition) is 0. The highest BCUT2D eigenvalue weighted by molar-refractivity contribution is 5.27. The van der Waals surface area contributed by atoms with E-state index in [0.717, 1.165) is 30.5 Å². The Labute approximate surface area is 95.2 Å². The minimum absolute atomic E-state index is 0.507. The van der Waals surface area contributed by atoms with Crippen molar-refractivity contribution in [3.8, 4) is 5.75 Å². The lowest BCUT2D eigenvalue weighted by Crippen LogP contribution is -2.41. The summed E-state index contributed by atoms with van der Waals surface area (Å²) in [5, 5.41) is 0. The van der Waals surface area contributed by atoms with Gasteiger partial charge in [-0.1, -0.05) is 25.5 Å². The van der Waals surface area contributed by atoms with Crippen LogP contribution >= 0.6 is 0 Å². The van der Waals surface area contributed by atoms with E-state index in [2.05, 4.69) is 4.74 Å². The fourth-order valence-electron chi connectivity index (χ4n) is 1.22. The third-order valence-electron chi connectivity index (χ3n) is 2.04. The molecular weight excluding hydrogens is 243 g/mol. The van der Waals surface area contributed by atoms with Gasteiger partial charge in [0.2, 0.25) is 0 Å². The molecule has 0 atom stereocenters. The van der Waals surface area contributed by atoms with E-state index in [0.29, 0.717) is 0 Å². The summed E-state index contributed by atoms with van der Waals surface area (Å²) in [4.78, 5) is 0. The first kappa shape index (κ1) is 13.7. The molecule has 1 rings (SSSR count). The Morgan fingerprint density at radius 3 is 1.94 bits per heavy atom. The van der Waals surface area contributed by atoms with Gasteiger partial charge in [0.05, 0.1) is 0 Å². The van der Waals surface area contributed by atoms with Crippen molar-refractivity contribution in [3.63, 3.8) is 0 Å². The van der Waals surface area contributed by atoms with Crippen LogP contribution in [0.1, 0.15) is 18.9 Å². The quantitative estimate of drug-likeness (QED) is 0.732. The van der Waals surface area contributed by atoms with Crippen molar-refractivity contribution < 1.29 is 26.7 Å². The van der Waals surface area contributed by atoms with Crippen LogP contribution in [0.3, 0.4) is 0 Å². The van der Waals surface area contributed by atoms with Gasteiger partial charge >= 0.3 is 12.3 Å². The molecule has 0 saturated heterocycles. The first-order chi connectivity index (χ1) is 7.76. The molecule has 0 bridgehead atoms. The zero-order valence-electron chi connectivity index (χ0n) is 9.02. The molecule has 6 heteroatoms. The maximum atomic E-state index is 12.5. The van der Waals surface area contributed by atoms with E-state index in [1.807, 2.05) is 6.92 Å². The van der Waals surface area contributed by atoms with Gasteiger partial charge in [0.15, 0.2) is 0 Å². The maximum Gasteiger partial charge on any atom is 0.499 e. The van der Waals surface area contributed by atoms with Gasteiger partial charge in [-0.15, -0.1) is 0 Å². The summed E-state index contributed by atoms with van der Waals surface area (Å²) in [6.45, 7) is 1.93. The molecule has 0 unspecified atom stereocenters. The second-order valence-electron chi connectivity index (χ2n) is 3.51. The van der Waals surface area contributed by atoms with Crippen molar-refractivity contribution >= 4 is 0 Å². The average molecular weight is 254 g/mol. The van der Waals surface area contributed by atoms with E-state index in [9.17, 15) is 22.0 Å². The summed E-state index contributed by atoms with van der Waals surface area (Å²) in [6, 6.07) is 5.13. The van der Waals surface area contributed by atoms with Crippen LogP contribution in [0, 0.1) is 0 Å². The Kier molecular flexibility index (Phi) is 3.95. The molecule has 0 saturated carbocycles. The first-order valence-corrected chi connectivity index (χ1v) is 4.99. The van der Waals surface area contributed by atoms with Gasteiger partial charge in [0.1, 0.15) is 5.75 Å². The van der Waals surface area contributed by atoms with E-state index in [1.54, 1.807) is 0 Å². The highest BCUT2D eigenvalue weighted by atomic mass is 19.4. The largest absolute Gasteiger partial charge is 0.499 e. The standard InChI is InChI=1S/C11H11F5O/c1-2-3-8-4-6-9(7-5-8)17-11(15,16)10(12,13)14/h4-7H,2-3H2,1H3. The van der Waals surface area contributed by atoms with Crippen molar-refractivity contribution in [1.82, 2.24) is 0 Å². The molecule has 0 aromatic heterocycles. The zero-order chi connectivity index (χ0) is 13.1. The molecule has 1 aromatic carbocycles. The smallest absolute Gasteiger partial charge is 0.426 e. The van der Waals surface area contributed by atoms with Crippen molar-refractivity contribution in [3.05, 3.63) is 29.8 Å². The molecule has 1 aromatic rings. The number of alkyl halides is 5. The molecule has 0 N–H and O–H groups in total. The minimum Gasteiger partial charge on any atom is -0.426 e. The number of ether oxygens (including phenoxy) is 1. The van der Waals surface area contributed by atoms with Crippen LogP contribution < -0.4 is 4.74 Å². The molecule has 0 aliphatic heterocycles. The van der Waals surface area contributed by atoms with Gasteiger partial charge in [-0.25, -0.2) is 0 Å². The zero-order valence-corrected chi connectivity index (χ0v) is 9.02. The van der Waals surface area contributed by atoms with Crippen LogP contribution in [0.5, 0.6) is 5.75 Å². The third kappa shape index (κ3) is 3.57. The van der Waals surface area contributed by atoms with Crippen LogP contribution in [0.4, 0.5) is 22.0 Å². The molecule has 0 amide bonds. The number of aryl methyl sites for hydroxylation is 1. The van der Waals surface area contributed by atoms with Gasteiger partial charge in [0.25, 0.3) is 0 Å². The second-order valence-corrected chi connectivity index (χ2v) is 3.51. The van der Waals surface area contributed by atoms with Gasteiger partial charge in [-0.2, -0.15) is 22.0 Å². The summed E-state index contributed by atoms with van der Waals surface area (Å²) >= 11 is 0. The van der Waals surface area contributed by atoms with Crippen LogP contribution in [0.2, 0.25) is 0 Å². The molecule has 0 spiro atoms. The fourth-order valence-corrected chi connectivity index (χ4v) is 1.22. The van der Waals surface area contributed by atoms with Crippen molar-refractivity contribution in [2.75, 3.05) is 0 Å². The topological polar surface area (TPSA) is 9.23 Å². The number of rotatable bonds is 4. The fraction of sp³-hybridized carbons (Fsp3) is 0.455. The van der Waals surface area contributed by atoms with Crippen LogP contribution in [-0.4, -0.2) is 12.3 Å². The van der Waals surface area contributed by atoms with Gasteiger partial charge in [-0.05, 0) is 24.1 Å². The summed E-state index contributed by atoms with van der Waals surface area (Å²) in [5.41, 5.74) is 0.857. The Bertz CT molecular complexity index is 355. The Balaban J connectivity index is 2.76. The van der Waals surface area contributed by atoms with Crippen molar-refractivity contribution in [2.24, 2.45) is 0 Å². The molecule has 0 heterocycles. The molecule has 1 nitrogen and oxygen atoms in total. The lowest BCUT2D eigenvalue weighted by atomic mass is 10.1. The molecule has 0 aliphatic rings. The lowest BCUT2D eigenvalue weighted by molar-refractivity contribution is -0.360. The third-order valence-corrected chi connectivity index (χ3v) is 2.04. The van der Waals surface area contributed by atoms with E-state index in [4.69, 9.17) is 0 Å². The second kappa shape index (κ2) is 4.89. The molecule has 0 aliphatic carbocycles. The Hall–Kier alpha value is -1.33. The predicted molar refractivity (Wildman–Crippen MR) is 52.1 cm³/mol. The SMILES string of the molecule is CCCc1ccc(OC(F)(F)C(F)(F)F)cc1. The van der Waals surface area contributed by atoms with Crippen molar-refractivity contribution in [1.29, 1.82) is 0 Å². The van der Waals surface area contributed by atoms with E-state index >= 15 is 0 Å². The Morgan fingerprint density at radius 1 is 1.00 bits per heavy atom. The normalized spacial score (nSPS) is 12.6. The summed E-state index contributed by atoms with van der Waals surface area (Å²) in [5.74, 6) is -0.507. The average Bonchev–Trinajstić information content (AvgIpc) is 2.19.